The zero-order chi connectivity index (χ0) is 18.7. The molecule has 6 nitrogen and oxygen atoms in total. The lowest BCUT2D eigenvalue weighted by atomic mass is 10.2. The van der Waals surface area contributed by atoms with Crippen molar-refractivity contribution in [3.8, 4) is 5.69 Å². The summed E-state index contributed by atoms with van der Waals surface area (Å²) in [5.74, 6) is 0.854. The molecule has 9 heteroatoms. The Balaban J connectivity index is 1.98. The first-order valence-corrected chi connectivity index (χ1v) is 7.60. The van der Waals surface area contributed by atoms with Crippen molar-refractivity contribution in [1.29, 1.82) is 0 Å². The monoisotopic (exact) mass is 360 g/mol. The molecule has 0 aliphatic rings. The van der Waals surface area contributed by atoms with Crippen molar-refractivity contribution < 1.29 is 13.2 Å². The normalized spacial score (nSPS) is 12.3. The molecule has 26 heavy (non-hydrogen) atoms. The van der Waals surface area contributed by atoms with E-state index in [-0.39, 0.29) is 0 Å². The van der Waals surface area contributed by atoms with Crippen LogP contribution in [0.25, 0.3) is 5.69 Å². The quantitative estimate of drug-likeness (QED) is 0.532. The summed E-state index contributed by atoms with van der Waals surface area (Å²) in [5.41, 5.74) is 0.609. The Kier molecular flexibility index (Phi) is 4.70. The van der Waals surface area contributed by atoms with E-state index in [0.717, 1.165) is 17.8 Å². The molecule has 0 amide bonds. The van der Waals surface area contributed by atoms with Crippen molar-refractivity contribution in [2.45, 2.75) is 6.18 Å². The molecule has 3 aromatic rings. The molecule has 0 aromatic carbocycles. The van der Waals surface area contributed by atoms with E-state index < -0.39 is 11.7 Å². The topological polar surface area (TPSA) is 59.2 Å². The van der Waals surface area contributed by atoms with E-state index in [9.17, 15) is 13.2 Å². The Morgan fingerprint density at radius 2 is 1.96 bits per heavy atom. The van der Waals surface area contributed by atoms with Gasteiger partial charge in [-0.15, -0.1) is 0 Å². The van der Waals surface area contributed by atoms with Crippen LogP contribution < -0.4 is 4.90 Å². The third kappa shape index (κ3) is 3.41. The minimum Gasteiger partial charge on any atom is -0.314 e. The van der Waals surface area contributed by atoms with E-state index in [1.54, 1.807) is 60.6 Å². The maximum absolute atomic E-state index is 12.7. The molecule has 0 fully saturated rings. The van der Waals surface area contributed by atoms with Gasteiger partial charge >= 0.3 is 6.18 Å². The highest BCUT2D eigenvalue weighted by atomic mass is 19.4. The summed E-state index contributed by atoms with van der Waals surface area (Å²) >= 11 is 0. The molecular weight excluding hydrogens is 345 g/mol. The number of aromatic nitrogens is 4. The van der Waals surface area contributed by atoms with Crippen molar-refractivity contribution in [3.63, 3.8) is 0 Å². The lowest BCUT2D eigenvalue weighted by Gasteiger charge is -2.22. The molecule has 0 N–H and O–H groups in total. The fraction of sp³-hybridized carbons (Fsp3) is 0.176. The van der Waals surface area contributed by atoms with Gasteiger partial charge in [-0.2, -0.15) is 18.3 Å². The van der Waals surface area contributed by atoms with Gasteiger partial charge in [0, 0.05) is 44.4 Å². The highest BCUT2D eigenvalue weighted by molar-refractivity contribution is 6.11. The van der Waals surface area contributed by atoms with Gasteiger partial charge in [0.2, 0.25) is 0 Å². The molecule has 0 aliphatic heterocycles. The molecule has 0 radical (unpaired) electrons. The molecule has 3 aromatic heterocycles. The summed E-state index contributed by atoms with van der Waals surface area (Å²) in [4.78, 5) is 13.9. The molecule has 3 heterocycles. The van der Waals surface area contributed by atoms with Crippen LogP contribution >= 0.6 is 0 Å². The van der Waals surface area contributed by atoms with E-state index in [1.165, 1.54) is 6.07 Å². The number of anilines is 1. The van der Waals surface area contributed by atoms with Crippen molar-refractivity contribution in [2.75, 3.05) is 19.0 Å². The van der Waals surface area contributed by atoms with E-state index >= 15 is 0 Å². The Morgan fingerprint density at radius 3 is 2.54 bits per heavy atom. The van der Waals surface area contributed by atoms with Gasteiger partial charge in [-0.1, -0.05) is 0 Å². The highest BCUT2D eigenvalue weighted by Gasteiger charge is 2.31. The van der Waals surface area contributed by atoms with Crippen molar-refractivity contribution in [1.82, 2.24) is 19.7 Å². The van der Waals surface area contributed by atoms with Crippen LogP contribution in [0.3, 0.4) is 0 Å². The summed E-state index contributed by atoms with van der Waals surface area (Å²) in [7, 11) is 3.29. The van der Waals surface area contributed by atoms with Crippen LogP contribution in [0.2, 0.25) is 0 Å². The molecule has 0 atom stereocenters. The van der Waals surface area contributed by atoms with Crippen molar-refractivity contribution >= 4 is 11.7 Å². The van der Waals surface area contributed by atoms with Crippen molar-refractivity contribution in [3.05, 3.63) is 66.4 Å². The highest BCUT2D eigenvalue weighted by Crippen LogP contribution is 2.29. The predicted molar refractivity (Wildman–Crippen MR) is 91.5 cm³/mol. The maximum atomic E-state index is 12.7. The summed E-state index contributed by atoms with van der Waals surface area (Å²) in [6.45, 7) is 0. The summed E-state index contributed by atoms with van der Waals surface area (Å²) < 4.78 is 39.8. The zero-order valence-corrected chi connectivity index (χ0v) is 14.0. The Labute approximate surface area is 147 Å². The van der Waals surface area contributed by atoms with E-state index in [1.807, 2.05) is 0 Å². The third-order valence-corrected chi connectivity index (χ3v) is 3.74. The fourth-order valence-electron chi connectivity index (χ4n) is 2.48. The van der Waals surface area contributed by atoms with Gasteiger partial charge in [-0.25, -0.2) is 9.67 Å². The van der Waals surface area contributed by atoms with Crippen LogP contribution in [0.1, 0.15) is 11.1 Å². The van der Waals surface area contributed by atoms with Crippen LogP contribution in [0.15, 0.2) is 60.2 Å². The molecule has 3 rings (SSSR count). The number of aliphatic imine (C=N–C) groups is 1. The summed E-state index contributed by atoms with van der Waals surface area (Å²) in [5, 5.41) is 4.20. The number of nitrogens with zero attached hydrogens (tertiary/aromatic N) is 6. The second-order valence-corrected chi connectivity index (χ2v) is 5.35. The van der Waals surface area contributed by atoms with Gasteiger partial charge in [-0.05, 0) is 24.3 Å². The fourth-order valence-corrected chi connectivity index (χ4v) is 2.48. The van der Waals surface area contributed by atoms with Gasteiger partial charge in [0.25, 0.3) is 0 Å². The number of hydrogen-bond donors (Lipinski definition) is 0. The largest absolute Gasteiger partial charge is 0.417 e. The first-order valence-electron chi connectivity index (χ1n) is 7.60. The molecule has 0 aliphatic carbocycles. The SMILES string of the molecule is CN=C(c1ccncc1-n1cccn1)N(C)c1ccc(C(F)(F)F)cn1. The Hall–Kier alpha value is -3.23. The molecule has 0 bridgehead atoms. The first kappa shape index (κ1) is 17.6. The first-order chi connectivity index (χ1) is 12.4. The van der Waals surface area contributed by atoms with Crippen LogP contribution in [0.5, 0.6) is 0 Å². The van der Waals surface area contributed by atoms with Crippen molar-refractivity contribution in [2.24, 2.45) is 4.99 Å². The lowest BCUT2D eigenvalue weighted by molar-refractivity contribution is -0.137. The number of hydrogen-bond acceptors (Lipinski definition) is 4. The smallest absolute Gasteiger partial charge is 0.314 e. The van der Waals surface area contributed by atoms with Gasteiger partial charge < -0.3 is 4.90 Å². The zero-order valence-electron chi connectivity index (χ0n) is 14.0. The molecular formula is C17H15F3N6. The molecule has 0 unspecified atom stereocenters. The number of amidine groups is 1. The average Bonchev–Trinajstić information content (AvgIpc) is 3.16. The number of halogens is 3. The second-order valence-electron chi connectivity index (χ2n) is 5.35. The molecule has 0 spiro atoms. The number of rotatable bonds is 3. The molecule has 0 saturated carbocycles. The second kappa shape index (κ2) is 6.95. The number of pyridine rings is 2. The molecule has 0 saturated heterocycles. The van der Waals surface area contributed by atoms with Gasteiger partial charge in [0.15, 0.2) is 0 Å². The number of alkyl halides is 3. The Bertz CT molecular complexity index is 901. The van der Waals surface area contributed by atoms with Gasteiger partial charge in [-0.3, -0.25) is 9.98 Å². The van der Waals surface area contributed by atoms with E-state index in [2.05, 4.69) is 20.1 Å². The minimum absolute atomic E-state index is 0.335. The minimum atomic E-state index is -4.43. The summed E-state index contributed by atoms with van der Waals surface area (Å²) in [6, 6.07) is 5.84. The van der Waals surface area contributed by atoms with Crippen LogP contribution in [0.4, 0.5) is 19.0 Å². The molecule has 134 valence electrons. The predicted octanol–water partition coefficient (Wildman–Crippen LogP) is 3.19. The van der Waals surface area contributed by atoms with Crippen LogP contribution in [-0.4, -0.2) is 39.7 Å². The Morgan fingerprint density at radius 1 is 1.15 bits per heavy atom. The average molecular weight is 360 g/mol. The maximum Gasteiger partial charge on any atom is 0.417 e. The van der Waals surface area contributed by atoms with Gasteiger partial charge in [0.1, 0.15) is 11.7 Å². The lowest BCUT2D eigenvalue weighted by Crippen LogP contribution is -2.29. The third-order valence-electron chi connectivity index (χ3n) is 3.74. The van der Waals surface area contributed by atoms with Gasteiger partial charge in [0.05, 0.1) is 17.4 Å². The summed E-state index contributed by atoms with van der Waals surface area (Å²) in [6.07, 6.45) is 3.04. The van der Waals surface area contributed by atoms with E-state index in [4.69, 9.17) is 0 Å². The van der Waals surface area contributed by atoms with Crippen LogP contribution in [-0.2, 0) is 6.18 Å². The van der Waals surface area contributed by atoms with E-state index in [0.29, 0.717) is 17.3 Å². The standard InChI is InChI=1S/C17H15F3N6/c1-21-16(13-6-8-22-11-14(13)26-9-3-7-24-26)25(2)15-5-4-12(10-23-15)17(18,19)20/h3-11H,1-2H3. The van der Waals surface area contributed by atoms with Crippen LogP contribution in [0, 0.1) is 0 Å².